The molecule has 24 heavy (non-hydrogen) atoms. The first kappa shape index (κ1) is 18.3. The van der Waals surface area contributed by atoms with Crippen LogP contribution in [0.5, 0.6) is 5.75 Å². The molecule has 0 aliphatic carbocycles. The van der Waals surface area contributed by atoms with Gasteiger partial charge < -0.3 is 15.4 Å². The molecule has 0 aromatic heterocycles. The van der Waals surface area contributed by atoms with Crippen molar-refractivity contribution in [2.75, 3.05) is 19.7 Å². The standard InChI is InChI=1S/C18H19IN2O3/c1-13-6-2-5-9-16(13)24-11-10-20-17(22)12-21-18(23)14-7-3-4-8-15(14)19/h2-9H,10-12H2,1H3,(H,20,22)(H,21,23). The van der Waals surface area contributed by atoms with E-state index in [0.29, 0.717) is 18.7 Å². The SMILES string of the molecule is Cc1ccccc1OCCNC(=O)CNC(=O)c1ccccc1I. The molecule has 2 rings (SSSR count). The number of amides is 2. The van der Waals surface area contributed by atoms with Crippen LogP contribution in [-0.4, -0.2) is 31.5 Å². The Balaban J connectivity index is 1.68. The van der Waals surface area contributed by atoms with E-state index in [4.69, 9.17) is 4.74 Å². The van der Waals surface area contributed by atoms with Crippen LogP contribution >= 0.6 is 22.6 Å². The molecular weight excluding hydrogens is 419 g/mol. The summed E-state index contributed by atoms with van der Waals surface area (Å²) in [5.41, 5.74) is 1.61. The van der Waals surface area contributed by atoms with Gasteiger partial charge in [0.15, 0.2) is 0 Å². The smallest absolute Gasteiger partial charge is 0.252 e. The fraction of sp³-hybridized carbons (Fsp3) is 0.222. The summed E-state index contributed by atoms with van der Waals surface area (Å²) >= 11 is 2.09. The van der Waals surface area contributed by atoms with Crippen LogP contribution in [0.25, 0.3) is 0 Å². The summed E-state index contributed by atoms with van der Waals surface area (Å²) in [6.07, 6.45) is 0. The Bertz CT molecular complexity index is 719. The van der Waals surface area contributed by atoms with E-state index in [1.54, 1.807) is 12.1 Å². The Labute approximate surface area is 154 Å². The fourth-order valence-electron chi connectivity index (χ4n) is 2.03. The number of aryl methyl sites for hydroxylation is 1. The van der Waals surface area contributed by atoms with Gasteiger partial charge in [-0.3, -0.25) is 9.59 Å². The normalized spacial score (nSPS) is 10.1. The summed E-state index contributed by atoms with van der Waals surface area (Å²) in [4.78, 5) is 23.8. The number of carbonyl (C=O) groups is 2. The molecular formula is C18H19IN2O3. The van der Waals surface area contributed by atoms with E-state index in [-0.39, 0.29) is 18.4 Å². The van der Waals surface area contributed by atoms with Crippen LogP contribution < -0.4 is 15.4 Å². The molecule has 0 atom stereocenters. The lowest BCUT2D eigenvalue weighted by molar-refractivity contribution is -0.120. The van der Waals surface area contributed by atoms with Crippen molar-refractivity contribution < 1.29 is 14.3 Å². The summed E-state index contributed by atoms with van der Waals surface area (Å²) < 4.78 is 6.44. The van der Waals surface area contributed by atoms with Crippen LogP contribution in [0.15, 0.2) is 48.5 Å². The highest BCUT2D eigenvalue weighted by Gasteiger charge is 2.10. The first-order valence-corrected chi connectivity index (χ1v) is 8.63. The Kier molecular flexibility index (Phi) is 7.05. The summed E-state index contributed by atoms with van der Waals surface area (Å²) in [6, 6.07) is 14.9. The zero-order chi connectivity index (χ0) is 17.4. The zero-order valence-corrected chi connectivity index (χ0v) is 15.5. The Morgan fingerprint density at radius 1 is 1.04 bits per heavy atom. The van der Waals surface area contributed by atoms with Gasteiger partial charge in [-0.15, -0.1) is 0 Å². The van der Waals surface area contributed by atoms with Crippen LogP contribution in [0.3, 0.4) is 0 Å². The fourth-order valence-corrected chi connectivity index (χ4v) is 2.67. The van der Waals surface area contributed by atoms with Gasteiger partial charge in [-0.2, -0.15) is 0 Å². The van der Waals surface area contributed by atoms with Crippen molar-refractivity contribution in [3.8, 4) is 5.75 Å². The second-order valence-corrected chi connectivity index (χ2v) is 6.29. The minimum atomic E-state index is -0.258. The van der Waals surface area contributed by atoms with Gasteiger partial charge in [-0.05, 0) is 53.3 Å². The highest BCUT2D eigenvalue weighted by Crippen LogP contribution is 2.15. The van der Waals surface area contributed by atoms with Gasteiger partial charge in [0.05, 0.1) is 18.7 Å². The largest absolute Gasteiger partial charge is 0.491 e. The lowest BCUT2D eigenvalue weighted by Crippen LogP contribution is -2.38. The van der Waals surface area contributed by atoms with Crippen molar-refractivity contribution in [3.63, 3.8) is 0 Å². The molecule has 0 unspecified atom stereocenters. The molecule has 2 aromatic carbocycles. The van der Waals surface area contributed by atoms with E-state index in [9.17, 15) is 9.59 Å². The maximum Gasteiger partial charge on any atom is 0.252 e. The predicted molar refractivity (Wildman–Crippen MR) is 101 cm³/mol. The molecule has 2 N–H and O–H groups in total. The third-order valence-electron chi connectivity index (χ3n) is 3.30. The van der Waals surface area contributed by atoms with Crippen molar-refractivity contribution in [1.29, 1.82) is 0 Å². The molecule has 0 radical (unpaired) electrons. The highest BCUT2D eigenvalue weighted by atomic mass is 127. The lowest BCUT2D eigenvalue weighted by atomic mass is 10.2. The number of hydrogen-bond acceptors (Lipinski definition) is 3. The van der Waals surface area contributed by atoms with Gasteiger partial charge in [-0.25, -0.2) is 0 Å². The first-order valence-electron chi connectivity index (χ1n) is 7.56. The molecule has 0 spiro atoms. The van der Waals surface area contributed by atoms with Crippen molar-refractivity contribution in [2.24, 2.45) is 0 Å². The monoisotopic (exact) mass is 438 g/mol. The van der Waals surface area contributed by atoms with E-state index >= 15 is 0 Å². The van der Waals surface area contributed by atoms with E-state index in [2.05, 4.69) is 33.2 Å². The third-order valence-corrected chi connectivity index (χ3v) is 4.24. The number of carbonyl (C=O) groups excluding carboxylic acids is 2. The van der Waals surface area contributed by atoms with Gasteiger partial charge in [0.2, 0.25) is 5.91 Å². The average molecular weight is 438 g/mol. The van der Waals surface area contributed by atoms with Crippen LogP contribution in [0.1, 0.15) is 15.9 Å². The summed E-state index contributed by atoms with van der Waals surface area (Å²) in [5.74, 6) is 0.299. The summed E-state index contributed by atoms with van der Waals surface area (Å²) in [6.45, 7) is 2.66. The lowest BCUT2D eigenvalue weighted by Gasteiger charge is -2.10. The van der Waals surface area contributed by atoms with Crippen LogP contribution in [0, 0.1) is 10.5 Å². The maximum absolute atomic E-state index is 12.0. The number of hydrogen-bond donors (Lipinski definition) is 2. The zero-order valence-electron chi connectivity index (χ0n) is 13.3. The molecule has 0 bridgehead atoms. The Hall–Kier alpha value is -2.09. The predicted octanol–water partition coefficient (Wildman–Crippen LogP) is 2.52. The van der Waals surface area contributed by atoms with Gasteiger partial charge in [0.25, 0.3) is 5.91 Å². The second kappa shape index (κ2) is 9.27. The first-order chi connectivity index (χ1) is 11.6. The Morgan fingerprint density at radius 3 is 2.50 bits per heavy atom. The van der Waals surface area contributed by atoms with Gasteiger partial charge >= 0.3 is 0 Å². The topological polar surface area (TPSA) is 67.4 Å². The number of benzene rings is 2. The molecule has 2 amide bonds. The molecule has 0 aliphatic heterocycles. The van der Waals surface area contributed by atoms with Gasteiger partial charge in [0.1, 0.15) is 12.4 Å². The van der Waals surface area contributed by atoms with E-state index in [1.165, 1.54) is 0 Å². The van der Waals surface area contributed by atoms with Gasteiger partial charge in [0, 0.05) is 3.57 Å². The molecule has 0 fully saturated rings. The van der Waals surface area contributed by atoms with E-state index in [1.807, 2.05) is 43.3 Å². The number of para-hydroxylation sites is 1. The highest BCUT2D eigenvalue weighted by molar-refractivity contribution is 14.1. The molecule has 126 valence electrons. The maximum atomic E-state index is 12.0. The van der Waals surface area contributed by atoms with E-state index in [0.717, 1.165) is 14.9 Å². The van der Waals surface area contributed by atoms with Crippen molar-refractivity contribution >= 4 is 34.4 Å². The molecule has 0 aliphatic rings. The molecule has 6 heteroatoms. The van der Waals surface area contributed by atoms with Crippen LogP contribution in [0.2, 0.25) is 0 Å². The van der Waals surface area contributed by atoms with Crippen molar-refractivity contribution in [2.45, 2.75) is 6.92 Å². The third kappa shape index (κ3) is 5.52. The molecule has 0 heterocycles. The molecule has 2 aromatic rings. The van der Waals surface area contributed by atoms with Crippen molar-refractivity contribution in [1.82, 2.24) is 10.6 Å². The number of rotatable bonds is 7. The second-order valence-electron chi connectivity index (χ2n) is 5.13. The molecule has 5 nitrogen and oxygen atoms in total. The molecule has 0 saturated heterocycles. The van der Waals surface area contributed by atoms with E-state index < -0.39 is 0 Å². The number of halogens is 1. The number of nitrogens with one attached hydrogen (secondary N) is 2. The van der Waals surface area contributed by atoms with Crippen LogP contribution in [0.4, 0.5) is 0 Å². The quantitative estimate of drug-likeness (QED) is 0.516. The number of ether oxygens (including phenoxy) is 1. The average Bonchev–Trinajstić information content (AvgIpc) is 2.58. The minimum Gasteiger partial charge on any atom is -0.491 e. The molecule has 0 saturated carbocycles. The van der Waals surface area contributed by atoms with Crippen molar-refractivity contribution in [3.05, 3.63) is 63.2 Å². The minimum absolute atomic E-state index is 0.0613. The Morgan fingerprint density at radius 2 is 1.75 bits per heavy atom. The summed E-state index contributed by atoms with van der Waals surface area (Å²) in [7, 11) is 0. The van der Waals surface area contributed by atoms with Gasteiger partial charge in [-0.1, -0.05) is 30.3 Å². The van der Waals surface area contributed by atoms with Crippen LogP contribution in [-0.2, 0) is 4.79 Å². The summed E-state index contributed by atoms with van der Waals surface area (Å²) in [5, 5.41) is 5.32.